The molecule has 6 rings (SSSR count). The van der Waals surface area contributed by atoms with Gasteiger partial charge in [-0.2, -0.15) is 4.98 Å². The summed E-state index contributed by atoms with van der Waals surface area (Å²) in [4.78, 5) is 29.7. The summed E-state index contributed by atoms with van der Waals surface area (Å²) < 4.78 is 1.80. The summed E-state index contributed by atoms with van der Waals surface area (Å²) in [6.45, 7) is 4.09. The van der Waals surface area contributed by atoms with E-state index in [0.29, 0.717) is 44.2 Å². The van der Waals surface area contributed by atoms with Crippen LogP contribution in [-0.4, -0.2) is 65.8 Å². The van der Waals surface area contributed by atoms with Gasteiger partial charge < -0.3 is 24.6 Å². The number of hydrogen-bond acceptors (Lipinski definition) is 7. The van der Waals surface area contributed by atoms with E-state index < -0.39 is 0 Å². The molecular formula is C27H27Cl2N7O. The van der Waals surface area contributed by atoms with Crippen LogP contribution in [0.4, 0.5) is 23.0 Å². The molecule has 1 atom stereocenters. The zero-order valence-corrected chi connectivity index (χ0v) is 22.4. The molecule has 2 aromatic heterocycles. The topological polar surface area (TPSA) is 69.5 Å². The Morgan fingerprint density at radius 3 is 2.57 bits per heavy atom. The zero-order chi connectivity index (χ0) is 25.8. The van der Waals surface area contributed by atoms with Gasteiger partial charge in [0.2, 0.25) is 11.4 Å². The van der Waals surface area contributed by atoms with Crippen molar-refractivity contribution in [2.24, 2.45) is 7.05 Å². The number of piperazine rings is 1. The molecule has 0 bridgehead atoms. The van der Waals surface area contributed by atoms with Crippen molar-refractivity contribution in [2.75, 3.05) is 55.4 Å². The first kappa shape index (κ1) is 24.0. The van der Waals surface area contributed by atoms with Crippen LogP contribution in [0.5, 0.6) is 0 Å². The summed E-state index contributed by atoms with van der Waals surface area (Å²) in [5, 5.41) is 4.58. The van der Waals surface area contributed by atoms with Crippen LogP contribution >= 0.6 is 23.2 Å². The van der Waals surface area contributed by atoms with E-state index in [4.69, 9.17) is 23.2 Å². The molecule has 0 radical (unpaired) electrons. The maximum absolute atomic E-state index is 13.4. The van der Waals surface area contributed by atoms with E-state index in [9.17, 15) is 4.79 Å². The number of fused-ring (bicyclic) bond motifs is 4. The van der Waals surface area contributed by atoms with Crippen molar-refractivity contribution >= 4 is 57.2 Å². The van der Waals surface area contributed by atoms with Crippen LogP contribution in [0, 0.1) is 0 Å². The Morgan fingerprint density at radius 2 is 1.78 bits per heavy atom. The minimum absolute atomic E-state index is 0.215. The van der Waals surface area contributed by atoms with Gasteiger partial charge in [0.1, 0.15) is 5.65 Å². The van der Waals surface area contributed by atoms with Crippen molar-refractivity contribution in [3.63, 3.8) is 0 Å². The fourth-order valence-electron chi connectivity index (χ4n) is 5.44. The average Bonchev–Trinajstić information content (AvgIpc) is 2.86. The molecule has 1 N–H and O–H groups in total. The molecule has 10 heteroatoms. The van der Waals surface area contributed by atoms with E-state index in [1.54, 1.807) is 35.2 Å². The SMILES string of the molecule is CN1CCN2c3cc(Nc4ncc5c(=O)c(-c6c(Cl)cccc6Cl)cn(C)c5n4)ccc3N(C)C[C@@H]2C1. The molecule has 2 aliphatic heterocycles. The fourth-order valence-corrected chi connectivity index (χ4v) is 6.04. The minimum Gasteiger partial charge on any atom is -0.371 e. The van der Waals surface area contributed by atoms with Crippen molar-refractivity contribution in [3.8, 4) is 11.1 Å². The molecule has 190 valence electrons. The van der Waals surface area contributed by atoms with Gasteiger partial charge in [-0.15, -0.1) is 0 Å². The van der Waals surface area contributed by atoms with Gasteiger partial charge in [-0.25, -0.2) is 4.98 Å². The van der Waals surface area contributed by atoms with Crippen LogP contribution in [0.3, 0.4) is 0 Å². The van der Waals surface area contributed by atoms with Gasteiger partial charge in [0, 0.05) is 69.5 Å². The molecule has 4 aromatic rings. The van der Waals surface area contributed by atoms with Crippen molar-refractivity contribution in [1.82, 2.24) is 19.4 Å². The van der Waals surface area contributed by atoms with Gasteiger partial charge in [-0.3, -0.25) is 4.79 Å². The van der Waals surface area contributed by atoms with Crippen LogP contribution < -0.4 is 20.5 Å². The lowest BCUT2D eigenvalue weighted by atomic mass is 10.0. The highest BCUT2D eigenvalue weighted by Gasteiger charge is 2.33. The molecule has 0 unspecified atom stereocenters. The van der Waals surface area contributed by atoms with Crippen LogP contribution in [0.2, 0.25) is 10.0 Å². The molecule has 2 aliphatic rings. The van der Waals surface area contributed by atoms with Gasteiger partial charge in [-0.1, -0.05) is 29.3 Å². The molecule has 1 fully saturated rings. The maximum atomic E-state index is 13.4. The highest BCUT2D eigenvalue weighted by atomic mass is 35.5. The number of aryl methyl sites for hydroxylation is 1. The van der Waals surface area contributed by atoms with Crippen LogP contribution in [-0.2, 0) is 7.05 Å². The third-order valence-corrected chi connectivity index (χ3v) is 7.90. The molecule has 2 aromatic carbocycles. The lowest BCUT2D eigenvalue weighted by Crippen LogP contribution is -2.58. The Bertz CT molecular complexity index is 1570. The van der Waals surface area contributed by atoms with E-state index >= 15 is 0 Å². The van der Waals surface area contributed by atoms with E-state index in [0.717, 1.165) is 31.9 Å². The van der Waals surface area contributed by atoms with E-state index in [-0.39, 0.29) is 5.43 Å². The standard InChI is InChI=1S/C27H27Cl2N7O/c1-33-9-10-36-17(13-33)14-34(2)22-8-7-16(11-23(22)36)31-27-30-12-18-25(37)19(15-35(3)26(18)32-27)24-20(28)5-4-6-21(24)29/h4-8,11-12,15,17H,9-10,13-14H2,1-3H3,(H,30,31,32)/t17-/m0/s1. The number of pyridine rings is 1. The van der Waals surface area contributed by atoms with E-state index in [1.165, 1.54) is 11.4 Å². The second-order valence-electron chi connectivity index (χ2n) is 9.83. The molecular weight excluding hydrogens is 509 g/mol. The number of nitrogens with zero attached hydrogens (tertiary/aromatic N) is 6. The summed E-state index contributed by atoms with van der Waals surface area (Å²) in [7, 11) is 6.17. The quantitative estimate of drug-likeness (QED) is 0.410. The third-order valence-electron chi connectivity index (χ3n) is 7.27. The van der Waals surface area contributed by atoms with Crippen LogP contribution in [0.25, 0.3) is 22.2 Å². The number of halogens is 2. The molecule has 8 nitrogen and oxygen atoms in total. The summed E-state index contributed by atoms with van der Waals surface area (Å²) >= 11 is 12.8. The molecule has 4 heterocycles. The largest absolute Gasteiger partial charge is 0.371 e. The Labute approximate surface area is 225 Å². The highest BCUT2D eigenvalue weighted by molar-refractivity contribution is 6.39. The summed E-state index contributed by atoms with van der Waals surface area (Å²) in [5.74, 6) is 0.421. The van der Waals surface area contributed by atoms with E-state index in [2.05, 4.69) is 56.2 Å². The third kappa shape index (κ3) is 4.19. The number of nitrogens with one attached hydrogen (secondary N) is 1. The minimum atomic E-state index is -0.215. The second-order valence-corrected chi connectivity index (χ2v) is 10.6. The smallest absolute Gasteiger partial charge is 0.229 e. The van der Waals surface area contributed by atoms with Crippen molar-refractivity contribution in [1.29, 1.82) is 0 Å². The van der Waals surface area contributed by atoms with E-state index in [1.807, 2.05) is 13.1 Å². The first-order valence-electron chi connectivity index (χ1n) is 12.2. The Balaban J connectivity index is 1.35. The summed E-state index contributed by atoms with van der Waals surface area (Å²) in [6.07, 6.45) is 3.28. The zero-order valence-electron chi connectivity index (χ0n) is 20.9. The summed E-state index contributed by atoms with van der Waals surface area (Å²) in [5.41, 5.74) is 4.56. The molecule has 0 spiro atoms. The number of benzene rings is 2. The molecule has 1 saturated heterocycles. The predicted octanol–water partition coefficient (Wildman–Crippen LogP) is 4.62. The number of rotatable bonds is 3. The van der Waals surface area contributed by atoms with Crippen LogP contribution in [0.1, 0.15) is 0 Å². The Kier molecular flexibility index (Phi) is 5.98. The monoisotopic (exact) mass is 535 g/mol. The predicted molar refractivity (Wildman–Crippen MR) is 152 cm³/mol. The molecule has 0 aliphatic carbocycles. The lowest BCUT2D eigenvalue weighted by molar-refractivity contribution is 0.265. The van der Waals surface area contributed by atoms with Crippen molar-refractivity contribution in [2.45, 2.75) is 6.04 Å². The average molecular weight is 536 g/mol. The normalized spacial score (nSPS) is 17.6. The number of hydrogen-bond donors (Lipinski definition) is 1. The number of likely N-dealkylation sites (N-methyl/N-ethyl adjacent to an activating group) is 2. The lowest BCUT2D eigenvalue weighted by Gasteiger charge is -2.48. The Hall–Kier alpha value is -3.33. The van der Waals surface area contributed by atoms with Gasteiger partial charge >= 0.3 is 0 Å². The van der Waals surface area contributed by atoms with Gasteiger partial charge in [-0.05, 0) is 37.4 Å². The van der Waals surface area contributed by atoms with Gasteiger partial charge in [0.25, 0.3) is 0 Å². The van der Waals surface area contributed by atoms with Crippen LogP contribution in [0.15, 0.2) is 53.6 Å². The molecule has 0 amide bonds. The second kappa shape index (κ2) is 9.20. The fraction of sp³-hybridized carbons (Fsp3) is 0.296. The first-order chi connectivity index (χ1) is 17.8. The molecule has 0 saturated carbocycles. The van der Waals surface area contributed by atoms with Gasteiger partial charge in [0.05, 0.1) is 32.8 Å². The summed E-state index contributed by atoms with van der Waals surface area (Å²) in [6, 6.07) is 12.0. The number of anilines is 4. The van der Waals surface area contributed by atoms with Crippen molar-refractivity contribution < 1.29 is 0 Å². The maximum Gasteiger partial charge on any atom is 0.229 e. The van der Waals surface area contributed by atoms with Gasteiger partial charge in [0.15, 0.2) is 0 Å². The molecule has 37 heavy (non-hydrogen) atoms. The number of aromatic nitrogens is 3. The first-order valence-corrected chi connectivity index (χ1v) is 12.9. The Morgan fingerprint density at radius 1 is 1.00 bits per heavy atom. The van der Waals surface area contributed by atoms with Crippen molar-refractivity contribution in [3.05, 3.63) is 69.1 Å². The highest BCUT2D eigenvalue weighted by Crippen LogP contribution is 2.38.